The molecular weight excluding hydrogens is 192 g/mol. The third-order valence-electron chi connectivity index (χ3n) is 1.95. The number of hydrogen-bond acceptors (Lipinski definition) is 4. The van der Waals surface area contributed by atoms with Crippen LogP contribution < -0.4 is 10.0 Å². The van der Waals surface area contributed by atoms with E-state index in [-0.39, 0.29) is 5.92 Å². The SMILES string of the molecule is CS(=O)(=O)NC(=O)[C@H]1CCCNC1. The van der Waals surface area contributed by atoms with E-state index in [2.05, 4.69) is 5.32 Å². The van der Waals surface area contributed by atoms with Gasteiger partial charge in [-0.05, 0) is 19.4 Å². The number of rotatable bonds is 2. The summed E-state index contributed by atoms with van der Waals surface area (Å²) < 4.78 is 23.4. The first-order valence-corrected chi connectivity index (χ1v) is 6.10. The van der Waals surface area contributed by atoms with Crippen molar-refractivity contribution >= 4 is 15.9 Å². The first-order valence-electron chi connectivity index (χ1n) is 4.21. The van der Waals surface area contributed by atoms with E-state index < -0.39 is 15.9 Å². The van der Waals surface area contributed by atoms with Gasteiger partial charge in [0.2, 0.25) is 15.9 Å². The van der Waals surface area contributed by atoms with Gasteiger partial charge in [0.1, 0.15) is 0 Å². The Labute approximate surface area is 77.9 Å². The third kappa shape index (κ3) is 3.73. The maximum Gasteiger partial charge on any atom is 0.237 e. The molecule has 0 saturated carbocycles. The van der Waals surface area contributed by atoms with Gasteiger partial charge in [-0.1, -0.05) is 0 Å². The number of sulfonamides is 1. The molecule has 1 saturated heterocycles. The maximum absolute atomic E-state index is 11.3. The van der Waals surface area contributed by atoms with Gasteiger partial charge in [0.25, 0.3) is 0 Å². The Morgan fingerprint density at radius 2 is 2.23 bits per heavy atom. The normalized spacial score (nSPS) is 23.9. The van der Waals surface area contributed by atoms with Crippen LogP contribution in [0.15, 0.2) is 0 Å². The average Bonchev–Trinajstić information content (AvgIpc) is 2.03. The van der Waals surface area contributed by atoms with Crippen molar-refractivity contribution in [2.45, 2.75) is 12.8 Å². The summed E-state index contributed by atoms with van der Waals surface area (Å²) in [6.07, 6.45) is 2.66. The fraction of sp³-hybridized carbons (Fsp3) is 0.857. The minimum absolute atomic E-state index is 0.205. The van der Waals surface area contributed by atoms with E-state index >= 15 is 0 Å². The van der Waals surface area contributed by atoms with E-state index in [1.807, 2.05) is 4.72 Å². The van der Waals surface area contributed by atoms with Crippen LogP contribution >= 0.6 is 0 Å². The Balaban J connectivity index is 2.47. The van der Waals surface area contributed by atoms with Gasteiger partial charge in [-0.2, -0.15) is 0 Å². The number of amides is 1. The van der Waals surface area contributed by atoms with Gasteiger partial charge in [0, 0.05) is 6.54 Å². The summed E-state index contributed by atoms with van der Waals surface area (Å²) in [6, 6.07) is 0. The number of nitrogens with one attached hydrogen (secondary N) is 2. The molecule has 1 aliphatic rings. The summed E-state index contributed by atoms with van der Waals surface area (Å²) >= 11 is 0. The van der Waals surface area contributed by atoms with E-state index in [0.29, 0.717) is 6.54 Å². The molecule has 5 nitrogen and oxygen atoms in total. The van der Waals surface area contributed by atoms with Crippen LogP contribution in [0.1, 0.15) is 12.8 Å². The van der Waals surface area contributed by atoms with Crippen molar-refractivity contribution in [3.63, 3.8) is 0 Å². The molecular formula is C7H14N2O3S. The second kappa shape index (κ2) is 4.06. The fourth-order valence-corrected chi connectivity index (χ4v) is 1.87. The lowest BCUT2D eigenvalue weighted by Crippen LogP contribution is -2.42. The lowest BCUT2D eigenvalue weighted by atomic mass is 9.99. The number of piperidine rings is 1. The summed E-state index contributed by atoms with van der Waals surface area (Å²) in [5.74, 6) is -0.599. The average molecular weight is 206 g/mol. The summed E-state index contributed by atoms with van der Waals surface area (Å²) in [6.45, 7) is 1.48. The maximum atomic E-state index is 11.3. The molecule has 1 heterocycles. The molecule has 1 amide bonds. The van der Waals surface area contributed by atoms with Crippen LogP contribution in [-0.2, 0) is 14.8 Å². The lowest BCUT2D eigenvalue weighted by Gasteiger charge is -2.21. The van der Waals surface area contributed by atoms with Gasteiger partial charge in [0.15, 0.2) is 0 Å². The minimum atomic E-state index is -3.40. The van der Waals surface area contributed by atoms with Crippen LogP contribution in [-0.4, -0.2) is 33.7 Å². The molecule has 1 atom stereocenters. The highest BCUT2D eigenvalue weighted by molar-refractivity contribution is 7.89. The van der Waals surface area contributed by atoms with Crippen molar-refractivity contribution in [2.75, 3.05) is 19.3 Å². The van der Waals surface area contributed by atoms with Crippen molar-refractivity contribution in [1.82, 2.24) is 10.0 Å². The molecule has 6 heteroatoms. The predicted molar refractivity (Wildman–Crippen MR) is 48.6 cm³/mol. The van der Waals surface area contributed by atoms with E-state index in [4.69, 9.17) is 0 Å². The van der Waals surface area contributed by atoms with Crippen molar-refractivity contribution in [3.8, 4) is 0 Å². The first kappa shape index (κ1) is 10.5. The molecule has 0 spiro atoms. The number of carbonyl (C=O) groups excluding carboxylic acids is 1. The van der Waals surface area contributed by atoms with Crippen LogP contribution in [0.25, 0.3) is 0 Å². The topological polar surface area (TPSA) is 75.3 Å². The monoisotopic (exact) mass is 206 g/mol. The van der Waals surface area contributed by atoms with Crippen molar-refractivity contribution in [2.24, 2.45) is 5.92 Å². The molecule has 76 valence electrons. The Morgan fingerprint density at radius 3 is 2.69 bits per heavy atom. The van der Waals surface area contributed by atoms with Gasteiger partial charge in [-0.25, -0.2) is 8.42 Å². The van der Waals surface area contributed by atoms with Crippen molar-refractivity contribution in [3.05, 3.63) is 0 Å². The molecule has 0 aromatic heterocycles. The molecule has 1 rings (SSSR count). The van der Waals surface area contributed by atoms with Crippen LogP contribution in [0, 0.1) is 5.92 Å². The van der Waals surface area contributed by atoms with Gasteiger partial charge in [-0.3, -0.25) is 9.52 Å². The first-order chi connectivity index (χ1) is 5.99. The molecule has 1 fully saturated rings. The van der Waals surface area contributed by atoms with Crippen LogP contribution in [0.3, 0.4) is 0 Å². The Bertz CT molecular complexity index is 280. The Hall–Kier alpha value is -0.620. The summed E-state index contributed by atoms with van der Waals surface area (Å²) in [5.41, 5.74) is 0. The largest absolute Gasteiger partial charge is 0.316 e. The Morgan fingerprint density at radius 1 is 1.54 bits per heavy atom. The van der Waals surface area contributed by atoms with Gasteiger partial charge in [-0.15, -0.1) is 0 Å². The predicted octanol–water partition coefficient (Wildman–Crippen LogP) is -0.938. The zero-order valence-corrected chi connectivity index (χ0v) is 8.36. The molecule has 2 N–H and O–H groups in total. The van der Waals surface area contributed by atoms with Gasteiger partial charge < -0.3 is 5.32 Å². The summed E-state index contributed by atoms with van der Waals surface area (Å²) in [5, 5.41) is 3.05. The third-order valence-corrected chi connectivity index (χ3v) is 2.53. The molecule has 0 unspecified atom stereocenters. The Kier molecular flexibility index (Phi) is 3.27. The van der Waals surface area contributed by atoms with Crippen molar-refractivity contribution < 1.29 is 13.2 Å². The molecule has 0 radical (unpaired) electrons. The minimum Gasteiger partial charge on any atom is -0.316 e. The molecule has 1 aliphatic heterocycles. The van der Waals surface area contributed by atoms with Gasteiger partial charge >= 0.3 is 0 Å². The quantitative estimate of drug-likeness (QED) is 0.611. The van der Waals surface area contributed by atoms with Crippen LogP contribution in [0.4, 0.5) is 0 Å². The van der Waals surface area contributed by atoms with Crippen molar-refractivity contribution in [1.29, 1.82) is 0 Å². The standard InChI is InChI=1S/C7H14N2O3S/c1-13(11,12)9-7(10)6-3-2-4-8-5-6/h6,8H,2-5H2,1H3,(H,9,10)/t6-/m0/s1. The highest BCUT2D eigenvalue weighted by Crippen LogP contribution is 2.09. The van der Waals surface area contributed by atoms with Crippen LogP contribution in [0.5, 0.6) is 0 Å². The lowest BCUT2D eigenvalue weighted by molar-refractivity contribution is -0.123. The van der Waals surface area contributed by atoms with E-state index in [0.717, 1.165) is 25.6 Å². The van der Waals surface area contributed by atoms with Gasteiger partial charge in [0.05, 0.1) is 12.2 Å². The molecule has 0 aromatic rings. The molecule has 13 heavy (non-hydrogen) atoms. The smallest absolute Gasteiger partial charge is 0.237 e. The van der Waals surface area contributed by atoms with E-state index in [1.54, 1.807) is 0 Å². The summed E-state index contributed by atoms with van der Waals surface area (Å²) in [4.78, 5) is 11.3. The second-order valence-corrected chi connectivity index (χ2v) is 5.03. The zero-order valence-electron chi connectivity index (χ0n) is 7.54. The van der Waals surface area contributed by atoms with E-state index in [9.17, 15) is 13.2 Å². The highest BCUT2D eigenvalue weighted by Gasteiger charge is 2.22. The van der Waals surface area contributed by atoms with E-state index in [1.165, 1.54) is 0 Å². The molecule has 0 bridgehead atoms. The fourth-order valence-electron chi connectivity index (χ4n) is 1.34. The molecule has 0 aromatic carbocycles. The second-order valence-electron chi connectivity index (χ2n) is 3.28. The molecule has 0 aliphatic carbocycles. The summed E-state index contributed by atoms with van der Waals surface area (Å²) in [7, 11) is -3.40. The van der Waals surface area contributed by atoms with Crippen LogP contribution in [0.2, 0.25) is 0 Å². The zero-order chi connectivity index (χ0) is 9.90. The highest BCUT2D eigenvalue weighted by atomic mass is 32.2. The number of carbonyl (C=O) groups is 1. The number of hydrogen-bond donors (Lipinski definition) is 2.